The predicted octanol–water partition coefficient (Wildman–Crippen LogP) is -11.1. The monoisotopic (exact) mass is 280 g/mol. The van der Waals surface area contributed by atoms with Crippen LogP contribution in [0.4, 0.5) is 0 Å². The molecule has 0 atom stereocenters. The molecule has 0 aromatic rings. The molecule has 0 saturated carbocycles. The molecular weight excluding hydrogens is 270 g/mol. The molecule has 12 heteroatoms. The average Bonchev–Trinajstić information content (AvgIpc) is 0.722. The largest absolute Gasteiger partial charge is 1.00 e. The maximum atomic E-state index is 8.89. The molecule has 0 saturated heterocycles. The van der Waals surface area contributed by atoms with E-state index in [2.05, 4.69) is 11.2 Å². The summed E-state index contributed by atoms with van der Waals surface area (Å²) in [6, 6.07) is 0. The number of hydrogen-bond acceptors (Lipinski definition) is 4. The van der Waals surface area contributed by atoms with Crippen LogP contribution in [0.3, 0.4) is 0 Å². The van der Waals surface area contributed by atoms with Gasteiger partial charge in [0.25, 0.3) is 0 Å². The molecule has 0 bridgehead atoms. The first-order valence-corrected chi connectivity index (χ1v) is 3.00. The molecule has 0 aliphatic heterocycles. The maximum absolute atomic E-state index is 8.89. The van der Waals surface area contributed by atoms with Gasteiger partial charge in [-0.05, 0) is 11.2 Å². The Morgan fingerprint density at radius 1 is 0.833 bits per heavy atom. The Bertz CT molecular complexity index is 98.2. The molecule has 0 spiro atoms. The van der Waals surface area contributed by atoms with Crippen molar-refractivity contribution in [2.75, 3.05) is 0 Å². The quantitative estimate of drug-likeness (QED) is 0.394. The summed E-state index contributed by atoms with van der Waals surface area (Å²) in [7, 11) is -4.33. The van der Waals surface area contributed by atoms with Gasteiger partial charge in [-0.25, -0.2) is 0 Å². The Labute approximate surface area is 160 Å². The first-order chi connectivity index (χ1) is 2.00. The first kappa shape index (κ1) is 58.5. The number of hydrogen-bond donors (Lipinski definition) is 0. The molecule has 0 radical (unpaired) electrons. The van der Waals surface area contributed by atoms with E-state index in [1.54, 1.807) is 0 Å². The topological polar surface area (TPSA) is 221 Å². The normalized spacial score (nSPS) is 4.83. The van der Waals surface area contributed by atoms with Gasteiger partial charge in [0.2, 0.25) is 0 Å². The molecule has 0 rings (SSSR count). The first-order valence-electron chi connectivity index (χ1n) is 0.667. The van der Waals surface area contributed by atoms with Crippen LogP contribution in [-0.4, -0.2) is 40.7 Å². The summed E-state index contributed by atoms with van der Waals surface area (Å²) in [6.07, 6.45) is 0. The fourth-order valence-corrected chi connectivity index (χ4v) is 0. The van der Waals surface area contributed by atoms with Crippen molar-refractivity contribution in [1.82, 2.24) is 0 Å². The van der Waals surface area contributed by atoms with Crippen LogP contribution >= 0.6 is 0 Å². The van der Waals surface area contributed by atoms with Crippen LogP contribution in [0.15, 0.2) is 0 Å². The summed E-state index contributed by atoms with van der Waals surface area (Å²) in [6.45, 7) is 0. The minimum Gasteiger partial charge on any atom is -0.780 e. The van der Waals surface area contributed by atoms with Crippen molar-refractivity contribution < 1.29 is 143 Å². The molecule has 0 amide bonds. The van der Waals surface area contributed by atoms with Crippen molar-refractivity contribution in [2.24, 2.45) is 0 Å². The summed E-state index contributed by atoms with van der Waals surface area (Å²) < 4.78 is 26.7. The van der Waals surface area contributed by atoms with E-state index >= 15 is 0 Å². The van der Waals surface area contributed by atoms with Gasteiger partial charge in [0.1, 0.15) is 0 Å². The summed E-state index contributed by atoms with van der Waals surface area (Å²) in [4.78, 5) is 0. The third-order valence-corrected chi connectivity index (χ3v) is 0. The molecule has 0 heterocycles. The minimum absolute atomic E-state index is 0. The summed E-state index contributed by atoms with van der Waals surface area (Å²) in [5, 5.41) is 0. The van der Waals surface area contributed by atoms with E-state index < -0.39 is 9.05 Å². The van der Waals surface area contributed by atoms with E-state index in [4.69, 9.17) is 13.3 Å². The standard InChI is InChI=1S/2K.H2O3S2.5H2O/c;;1-5(2,3)4;;;;;/h;;(H2,1,2,3,4);5*1H2/q2*+1;;;;;;/p-2. The Balaban J connectivity index is -0.00000000381. The molecule has 0 fully saturated rings. The van der Waals surface area contributed by atoms with Crippen LogP contribution in [0.5, 0.6) is 0 Å². The Hall–Kier alpha value is 3.36. The van der Waals surface area contributed by atoms with Crippen LogP contribution in [0.25, 0.3) is 0 Å². The van der Waals surface area contributed by atoms with Crippen LogP contribution in [0.2, 0.25) is 0 Å². The third-order valence-electron chi connectivity index (χ3n) is 0. The van der Waals surface area contributed by atoms with Crippen LogP contribution in [0, 0.1) is 0 Å². The molecule has 8 nitrogen and oxygen atoms in total. The van der Waals surface area contributed by atoms with Crippen LogP contribution in [-0.2, 0) is 20.2 Å². The fourth-order valence-electron chi connectivity index (χ4n) is 0. The van der Waals surface area contributed by atoms with Gasteiger partial charge >= 0.3 is 103 Å². The van der Waals surface area contributed by atoms with Gasteiger partial charge in [0, 0.05) is 0 Å². The van der Waals surface area contributed by atoms with Crippen molar-refractivity contribution in [3.8, 4) is 0 Å². The molecule has 0 aliphatic rings. The number of rotatable bonds is 0. The van der Waals surface area contributed by atoms with E-state index in [-0.39, 0.29) is 130 Å². The Kier molecular flexibility index (Phi) is 143. The van der Waals surface area contributed by atoms with Gasteiger partial charge < -0.3 is 36.5 Å². The van der Waals surface area contributed by atoms with Gasteiger partial charge in [-0.15, -0.1) is 9.05 Å². The second-order valence-electron chi connectivity index (χ2n) is 0.408. The minimum atomic E-state index is -4.33. The Morgan fingerprint density at radius 2 is 0.833 bits per heavy atom. The van der Waals surface area contributed by atoms with E-state index in [1.807, 2.05) is 0 Å². The predicted molar refractivity (Wildman–Crippen MR) is 35.1 cm³/mol. The van der Waals surface area contributed by atoms with Gasteiger partial charge in [-0.1, -0.05) is 0 Å². The van der Waals surface area contributed by atoms with E-state index in [0.29, 0.717) is 0 Å². The third kappa shape index (κ3) is 181. The molecule has 0 unspecified atom stereocenters. The average molecular weight is 280 g/mol. The van der Waals surface area contributed by atoms with E-state index in [1.165, 1.54) is 0 Å². The zero-order valence-corrected chi connectivity index (χ0v) is 14.4. The molecule has 0 aliphatic carbocycles. The van der Waals surface area contributed by atoms with Crippen molar-refractivity contribution in [3.63, 3.8) is 0 Å². The molecule has 0 aromatic heterocycles. The molecule has 10 N–H and O–H groups in total. The van der Waals surface area contributed by atoms with Gasteiger partial charge in [0.05, 0.1) is 0 Å². The van der Waals surface area contributed by atoms with Gasteiger partial charge in [0.15, 0.2) is 0 Å². The van der Waals surface area contributed by atoms with Crippen molar-refractivity contribution in [3.05, 3.63) is 0 Å². The summed E-state index contributed by atoms with van der Waals surface area (Å²) >= 11 is 3.24. The van der Waals surface area contributed by atoms with E-state index in [0.717, 1.165) is 0 Å². The molecule has 0 aromatic carbocycles. The summed E-state index contributed by atoms with van der Waals surface area (Å²) in [5.41, 5.74) is 0. The van der Waals surface area contributed by atoms with Gasteiger partial charge in [-0.2, -0.15) is 0 Å². The van der Waals surface area contributed by atoms with Crippen LogP contribution < -0.4 is 103 Å². The van der Waals surface area contributed by atoms with Crippen molar-refractivity contribution >= 4 is 20.2 Å². The maximum Gasteiger partial charge on any atom is 1.00 e. The second-order valence-corrected chi connectivity index (χ2v) is 2.45. The molecular formula is H10K2O8S2. The summed E-state index contributed by atoms with van der Waals surface area (Å²) in [5.74, 6) is 0. The second kappa shape index (κ2) is 29.3. The van der Waals surface area contributed by atoms with Crippen molar-refractivity contribution in [1.29, 1.82) is 0 Å². The zero-order valence-electron chi connectivity index (χ0n) is 6.54. The van der Waals surface area contributed by atoms with Crippen LogP contribution in [0.1, 0.15) is 0 Å². The SMILES string of the molecule is O.O.O.O.O.O=S([O-])([O-])=S.[K+].[K+]. The Morgan fingerprint density at radius 3 is 0.833 bits per heavy atom. The van der Waals surface area contributed by atoms with Gasteiger partial charge in [-0.3, -0.25) is 4.21 Å². The smallest absolute Gasteiger partial charge is 0.780 e. The zero-order chi connectivity index (χ0) is 4.50. The van der Waals surface area contributed by atoms with E-state index in [9.17, 15) is 0 Å². The fraction of sp³-hybridized carbons (Fsp3) is 0. The molecule has 72 valence electrons. The molecule has 12 heavy (non-hydrogen) atoms. The van der Waals surface area contributed by atoms with Crippen molar-refractivity contribution in [2.45, 2.75) is 0 Å².